The number of amides is 1. The van der Waals surface area contributed by atoms with E-state index in [1.54, 1.807) is 26.2 Å². The fourth-order valence-electron chi connectivity index (χ4n) is 2.27. The van der Waals surface area contributed by atoms with Crippen LogP contribution < -0.4 is 14.8 Å². The maximum absolute atomic E-state index is 13.6. The van der Waals surface area contributed by atoms with E-state index >= 15 is 0 Å². The first kappa shape index (κ1) is 19.2. The van der Waals surface area contributed by atoms with Crippen molar-refractivity contribution in [2.45, 2.75) is 13.0 Å². The highest BCUT2D eigenvalue weighted by Gasteiger charge is 2.15. The van der Waals surface area contributed by atoms with Crippen molar-refractivity contribution in [2.75, 3.05) is 20.8 Å². The molecule has 7 heteroatoms. The largest absolute Gasteiger partial charge is 0.497 e. The molecule has 2 aromatic carbocycles. The van der Waals surface area contributed by atoms with Gasteiger partial charge in [-0.1, -0.05) is 12.1 Å². The van der Waals surface area contributed by atoms with Crippen molar-refractivity contribution < 1.29 is 28.2 Å². The second kappa shape index (κ2) is 8.84. The van der Waals surface area contributed by atoms with Crippen molar-refractivity contribution in [1.82, 2.24) is 5.32 Å². The number of esters is 1. The van der Waals surface area contributed by atoms with E-state index < -0.39 is 24.3 Å². The van der Waals surface area contributed by atoms with Crippen LogP contribution in [-0.2, 0) is 9.53 Å². The summed E-state index contributed by atoms with van der Waals surface area (Å²) in [7, 11) is 2.90. The van der Waals surface area contributed by atoms with Gasteiger partial charge in [0.25, 0.3) is 5.91 Å². The highest BCUT2D eigenvalue weighted by atomic mass is 19.1. The summed E-state index contributed by atoms with van der Waals surface area (Å²) in [6.07, 6.45) is 0. The number of rotatable bonds is 7. The second-order valence-electron chi connectivity index (χ2n) is 5.49. The lowest BCUT2D eigenvalue weighted by Gasteiger charge is -2.15. The SMILES string of the molecule is COc1ccc([C@@H](C)NC(=O)COC(=O)c2ccc(OC)c(F)c2)cc1. The lowest BCUT2D eigenvalue weighted by Crippen LogP contribution is -2.31. The Hall–Kier alpha value is -3.09. The van der Waals surface area contributed by atoms with E-state index in [2.05, 4.69) is 5.32 Å². The van der Waals surface area contributed by atoms with Crippen LogP contribution in [0, 0.1) is 5.82 Å². The van der Waals surface area contributed by atoms with Gasteiger partial charge in [-0.25, -0.2) is 9.18 Å². The molecule has 1 N–H and O–H groups in total. The molecule has 0 aliphatic heterocycles. The molecule has 0 saturated carbocycles. The Morgan fingerprint density at radius 2 is 1.77 bits per heavy atom. The standard InChI is InChI=1S/C19H20FNO5/c1-12(13-4-7-15(24-2)8-5-13)21-18(22)11-26-19(23)14-6-9-17(25-3)16(20)10-14/h4-10,12H,11H2,1-3H3,(H,21,22)/t12-/m1/s1. The van der Waals surface area contributed by atoms with Gasteiger partial charge in [0.05, 0.1) is 25.8 Å². The van der Waals surface area contributed by atoms with E-state index in [0.717, 1.165) is 11.6 Å². The molecule has 0 spiro atoms. The molecule has 1 atom stereocenters. The number of benzene rings is 2. The number of nitrogens with one attached hydrogen (secondary N) is 1. The van der Waals surface area contributed by atoms with Crippen LogP contribution in [0.1, 0.15) is 28.9 Å². The molecule has 1 amide bonds. The lowest BCUT2D eigenvalue weighted by molar-refractivity contribution is -0.124. The first-order chi connectivity index (χ1) is 12.4. The zero-order valence-corrected chi connectivity index (χ0v) is 14.7. The molecular formula is C19H20FNO5. The number of ether oxygens (including phenoxy) is 3. The number of carbonyl (C=O) groups is 2. The maximum atomic E-state index is 13.6. The van der Waals surface area contributed by atoms with Crippen molar-refractivity contribution in [3.8, 4) is 11.5 Å². The number of methoxy groups -OCH3 is 2. The van der Waals surface area contributed by atoms with Crippen molar-refractivity contribution in [3.05, 3.63) is 59.4 Å². The molecule has 0 aliphatic rings. The molecule has 2 aromatic rings. The molecule has 0 radical (unpaired) electrons. The van der Waals surface area contributed by atoms with Gasteiger partial charge < -0.3 is 19.5 Å². The third-order valence-electron chi connectivity index (χ3n) is 3.72. The van der Waals surface area contributed by atoms with E-state index in [1.807, 2.05) is 12.1 Å². The minimum absolute atomic E-state index is 0.000645. The molecule has 26 heavy (non-hydrogen) atoms. The summed E-state index contributed by atoms with van der Waals surface area (Å²) in [4.78, 5) is 23.8. The summed E-state index contributed by atoms with van der Waals surface area (Å²) in [6.45, 7) is 1.34. The van der Waals surface area contributed by atoms with Gasteiger partial charge in [-0.2, -0.15) is 0 Å². The molecule has 0 aromatic heterocycles. The molecule has 6 nitrogen and oxygen atoms in total. The maximum Gasteiger partial charge on any atom is 0.338 e. The number of hydrogen-bond acceptors (Lipinski definition) is 5. The predicted octanol–water partition coefficient (Wildman–Crippen LogP) is 2.88. The molecule has 138 valence electrons. The fraction of sp³-hybridized carbons (Fsp3) is 0.263. The molecule has 0 aliphatic carbocycles. The van der Waals surface area contributed by atoms with E-state index in [4.69, 9.17) is 14.2 Å². The highest BCUT2D eigenvalue weighted by molar-refractivity contribution is 5.91. The van der Waals surface area contributed by atoms with Crippen LogP contribution in [0.2, 0.25) is 0 Å². The lowest BCUT2D eigenvalue weighted by atomic mass is 10.1. The van der Waals surface area contributed by atoms with Crippen LogP contribution in [-0.4, -0.2) is 32.7 Å². The molecule has 0 saturated heterocycles. The van der Waals surface area contributed by atoms with Gasteiger partial charge >= 0.3 is 5.97 Å². The molecular weight excluding hydrogens is 341 g/mol. The molecule has 0 heterocycles. The minimum atomic E-state index is -0.793. The number of carbonyl (C=O) groups excluding carboxylic acids is 2. The van der Waals surface area contributed by atoms with Crippen molar-refractivity contribution in [3.63, 3.8) is 0 Å². The fourth-order valence-corrected chi connectivity index (χ4v) is 2.27. The summed E-state index contributed by atoms with van der Waals surface area (Å²) in [6, 6.07) is 10.6. The van der Waals surface area contributed by atoms with E-state index in [0.29, 0.717) is 5.75 Å². The summed E-state index contributed by atoms with van der Waals surface area (Å²) in [5.74, 6) is -1.20. The Morgan fingerprint density at radius 1 is 1.08 bits per heavy atom. The average Bonchev–Trinajstić information content (AvgIpc) is 2.66. The third-order valence-corrected chi connectivity index (χ3v) is 3.72. The quantitative estimate of drug-likeness (QED) is 0.768. The summed E-state index contributed by atoms with van der Waals surface area (Å²) < 4.78 is 28.4. The van der Waals surface area contributed by atoms with Crippen LogP contribution in [0.4, 0.5) is 4.39 Å². The second-order valence-corrected chi connectivity index (χ2v) is 5.49. The normalized spacial score (nSPS) is 11.4. The Kier molecular flexibility index (Phi) is 6.54. The topological polar surface area (TPSA) is 73.9 Å². The van der Waals surface area contributed by atoms with Gasteiger partial charge in [-0.05, 0) is 42.8 Å². The van der Waals surface area contributed by atoms with Crippen LogP contribution in [0.5, 0.6) is 11.5 Å². The smallest absolute Gasteiger partial charge is 0.338 e. The Morgan fingerprint density at radius 3 is 2.35 bits per heavy atom. The van der Waals surface area contributed by atoms with Crippen LogP contribution in [0.3, 0.4) is 0 Å². The number of hydrogen-bond donors (Lipinski definition) is 1. The molecule has 0 bridgehead atoms. The third kappa shape index (κ3) is 4.95. The zero-order chi connectivity index (χ0) is 19.1. The Balaban J connectivity index is 1.87. The number of halogens is 1. The predicted molar refractivity (Wildman–Crippen MR) is 92.8 cm³/mol. The van der Waals surface area contributed by atoms with Gasteiger partial charge in [0.2, 0.25) is 0 Å². The van der Waals surface area contributed by atoms with Gasteiger partial charge in [0.15, 0.2) is 18.2 Å². The Labute approximate surface area is 150 Å². The van der Waals surface area contributed by atoms with Gasteiger partial charge in [-0.15, -0.1) is 0 Å². The van der Waals surface area contributed by atoms with Crippen molar-refractivity contribution in [1.29, 1.82) is 0 Å². The van der Waals surface area contributed by atoms with Gasteiger partial charge in [0.1, 0.15) is 5.75 Å². The zero-order valence-electron chi connectivity index (χ0n) is 14.7. The molecule has 2 rings (SSSR count). The molecule has 0 fully saturated rings. The van der Waals surface area contributed by atoms with Crippen LogP contribution in [0.25, 0.3) is 0 Å². The molecule has 0 unspecified atom stereocenters. The monoisotopic (exact) mass is 361 g/mol. The van der Waals surface area contributed by atoms with E-state index in [9.17, 15) is 14.0 Å². The van der Waals surface area contributed by atoms with Crippen LogP contribution >= 0.6 is 0 Å². The first-order valence-electron chi connectivity index (χ1n) is 7.88. The van der Waals surface area contributed by atoms with E-state index in [1.165, 1.54) is 19.2 Å². The minimum Gasteiger partial charge on any atom is -0.497 e. The van der Waals surface area contributed by atoms with Gasteiger partial charge in [0, 0.05) is 0 Å². The summed E-state index contributed by atoms with van der Waals surface area (Å²) in [5, 5.41) is 2.72. The summed E-state index contributed by atoms with van der Waals surface area (Å²) in [5.41, 5.74) is 0.877. The Bertz CT molecular complexity index is 776. The van der Waals surface area contributed by atoms with Gasteiger partial charge in [-0.3, -0.25) is 4.79 Å². The summed E-state index contributed by atoms with van der Waals surface area (Å²) >= 11 is 0. The van der Waals surface area contributed by atoms with Crippen molar-refractivity contribution >= 4 is 11.9 Å². The van der Waals surface area contributed by atoms with Crippen molar-refractivity contribution in [2.24, 2.45) is 0 Å². The van der Waals surface area contributed by atoms with Crippen LogP contribution in [0.15, 0.2) is 42.5 Å². The highest BCUT2D eigenvalue weighted by Crippen LogP contribution is 2.19. The average molecular weight is 361 g/mol. The first-order valence-corrected chi connectivity index (χ1v) is 7.88. The van der Waals surface area contributed by atoms with E-state index in [-0.39, 0.29) is 17.4 Å².